The molecule has 0 aliphatic heterocycles. The van der Waals surface area contributed by atoms with Gasteiger partial charge in [-0.3, -0.25) is 4.79 Å². The number of carbonyl (C=O) groups excluding carboxylic acids is 1. The summed E-state index contributed by atoms with van der Waals surface area (Å²) in [6.07, 6.45) is 3.01. The van der Waals surface area contributed by atoms with Gasteiger partial charge >= 0.3 is 0 Å². The first-order valence-corrected chi connectivity index (χ1v) is 9.56. The lowest BCUT2D eigenvalue weighted by molar-refractivity contribution is 0.0930. The topological polar surface area (TPSA) is 55.1 Å². The van der Waals surface area contributed by atoms with Crippen molar-refractivity contribution in [2.45, 2.75) is 37.1 Å². The summed E-state index contributed by atoms with van der Waals surface area (Å²) in [5.41, 5.74) is 9.72. The van der Waals surface area contributed by atoms with Crippen LogP contribution in [-0.4, -0.2) is 11.7 Å². The van der Waals surface area contributed by atoms with E-state index < -0.39 is 0 Å². The molecular weight excluding hydrogens is 375 g/mol. The van der Waals surface area contributed by atoms with Crippen LogP contribution >= 0.6 is 35.8 Å². The summed E-state index contributed by atoms with van der Waals surface area (Å²) in [5, 5.41) is 3.77. The summed E-state index contributed by atoms with van der Waals surface area (Å²) in [6.45, 7) is 2.07. The monoisotopic (exact) mass is 396 g/mol. The third kappa shape index (κ3) is 4.63. The standard InChI is InChI=1S/C19H21ClN2OS.ClH/c1-2-24-18-9-6-13(20)11-16(18)19(23)22-17-5-3-4-12-10-14(21)7-8-15(12)17;/h6-11,17H,2-5,21H2,1H3,(H,22,23);1H. The molecule has 0 bridgehead atoms. The molecule has 0 fully saturated rings. The van der Waals surface area contributed by atoms with Gasteiger partial charge in [-0.15, -0.1) is 24.2 Å². The van der Waals surface area contributed by atoms with E-state index in [1.807, 2.05) is 30.3 Å². The molecule has 6 heteroatoms. The number of thioether (sulfide) groups is 1. The number of nitrogens with two attached hydrogens (primary N) is 1. The van der Waals surface area contributed by atoms with E-state index in [2.05, 4.69) is 12.2 Å². The van der Waals surface area contributed by atoms with Crippen molar-refractivity contribution in [3.05, 3.63) is 58.1 Å². The maximum atomic E-state index is 12.8. The fourth-order valence-electron chi connectivity index (χ4n) is 3.18. The first-order chi connectivity index (χ1) is 11.6. The van der Waals surface area contributed by atoms with Crippen molar-refractivity contribution in [1.29, 1.82) is 0 Å². The predicted molar refractivity (Wildman–Crippen MR) is 109 cm³/mol. The van der Waals surface area contributed by atoms with Gasteiger partial charge in [0, 0.05) is 15.6 Å². The molecule has 1 aliphatic carbocycles. The van der Waals surface area contributed by atoms with Gasteiger partial charge in [0.1, 0.15) is 0 Å². The third-order valence-corrected chi connectivity index (χ3v) is 5.46. The molecule has 3 N–H and O–H groups in total. The Balaban J connectivity index is 0.00000225. The van der Waals surface area contributed by atoms with Crippen molar-refractivity contribution >= 4 is 47.4 Å². The van der Waals surface area contributed by atoms with Gasteiger partial charge in [0.2, 0.25) is 0 Å². The smallest absolute Gasteiger partial charge is 0.252 e. The Morgan fingerprint density at radius 3 is 2.88 bits per heavy atom. The van der Waals surface area contributed by atoms with Crippen LogP contribution in [-0.2, 0) is 6.42 Å². The Morgan fingerprint density at radius 1 is 1.32 bits per heavy atom. The lowest BCUT2D eigenvalue weighted by Gasteiger charge is -2.27. The molecule has 0 aromatic heterocycles. The number of benzene rings is 2. The lowest BCUT2D eigenvalue weighted by Crippen LogP contribution is -2.31. The molecule has 3 rings (SSSR count). The van der Waals surface area contributed by atoms with E-state index >= 15 is 0 Å². The number of carbonyl (C=O) groups is 1. The number of anilines is 1. The highest BCUT2D eigenvalue weighted by molar-refractivity contribution is 7.99. The molecule has 0 spiro atoms. The van der Waals surface area contributed by atoms with Crippen LogP contribution in [0.15, 0.2) is 41.3 Å². The SMILES string of the molecule is CCSc1ccc(Cl)cc1C(=O)NC1CCCc2cc(N)ccc21.Cl. The van der Waals surface area contributed by atoms with Crippen LogP contribution in [0.3, 0.4) is 0 Å². The van der Waals surface area contributed by atoms with Gasteiger partial charge in [-0.2, -0.15) is 0 Å². The van der Waals surface area contributed by atoms with Gasteiger partial charge in [-0.1, -0.05) is 24.6 Å². The molecule has 134 valence electrons. The van der Waals surface area contributed by atoms with Gasteiger partial charge in [-0.05, 0) is 66.5 Å². The summed E-state index contributed by atoms with van der Waals surface area (Å²) in [5.74, 6) is 0.844. The zero-order valence-corrected chi connectivity index (χ0v) is 16.4. The average molecular weight is 397 g/mol. The fourth-order valence-corrected chi connectivity index (χ4v) is 4.14. The molecule has 2 aromatic rings. The lowest BCUT2D eigenvalue weighted by atomic mass is 9.87. The van der Waals surface area contributed by atoms with Crippen molar-refractivity contribution in [3.8, 4) is 0 Å². The summed E-state index contributed by atoms with van der Waals surface area (Å²) >= 11 is 7.75. The number of hydrogen-bond acceptors (Lipinski definition) is 3. The highest BCUT2D eigenvalue weighted by Gasteiger charge is 2.23. The molecular formula is C19H22Cl2N2OS. The fraction of sp³-hybridized carbons (Fsp3) is 0.316. The number of aryl methyl sites for hydroxylation is 1. The van der Waals surface area contributed by atoms with Crippen molar-refractivity contribution in [2.75, 3.05) is 11.5 Å². The van der Waals surface area contributed by atoms with Gasteiger partial charge in [0.25, 0.3) is 5.91 Å². The summed E-state index contributed by atoms with van der Waals surface area (Å²) in [6, 6.07) is 11.5. The molecule has 0 saturated carbocycles. The molecule has 1 atom stereocenters. The molecule has 1 aliphatic rings. The summed E-state index contributed by atoms with van der Waals surface area (Å²) in [7, 11) is 0. The Morgan fingerprint density at radius 2 is 2.12 bits per heavy atom. The predicted octanol–water partition coefficient (Wildman–Crippen LogP) is 5.26. The van der Waals surface area contributed by atoms with Crippen molar-refractivity contribution in [2.24, 2.45) is 0 Å². The number of nitrogen functional groups attached to an aromatic ring is 1. The van der Waals surface area contributed by atoms with Gasteiger partial charge in [0.15, 0.2) is 0 Å². The zero-order chi connectivity index (χ0) is 17.1. The van der Waals surface area contributed by atoms with Crippen LogP contribution in [0.5, 0.6) is 0 Å². The van der Waals surface area contributed by atoms with E-state index in [1.54, 1.807) is 17.8 Å². The molecule has 0 saturated heterocycles. The Labute approximate surface area is 164 Å². The van der Waals surface area contributed by atoms with E-state index in [0.29, 0.717) is 10.6 Å². The normalized spacial score (nSPS) is 15.8. The number of halogens is 2. The van der Waals surface area contributed by atoms with Gasteiger partial charge < -0.3 is 11.1 Å². The van der Waals surface area contributed by atoms with E-state index in [4.69, 9.17) is 17.3 Å². The quantitative estimate of drug-likeness (QED) is 0.546. The van der Waals surface area contributed by atoms with E-state index in [1.165, 1.54) is 11.1 Å². The Bertz CT molecular complexity index is 767. The first kappa shape index (κ1) is 20.0. The van der Waals surface area contributed by atoms with Crippen molar-refractivity contribution < 1.29 is 4.79 Å². The van der Waals surface area contributed by atoms with Crippen LogP contribution < -0.4 is 11.1 Å². The largest absolute Gasteiger partial charge is 0.399 e. The molecule has 1 unspecified atom stereocenters. The molecule has 1 amide bonds. The third-order valence-electron chi connectivity index (χ3n) is 4.27. The maximum absolute atomic E-state index is 12.8. The minimum atomic E-state index is -0.0666. The second kappa shape index (κ2) is 8.84. The second-order valence-electron chi connectivity index (χ2n) is 5.95. The van der Waals surface area contributed by atoms with Crippen LogP contribution in [0, 0.1) is 0 Å². The van der Waals surface area contributed by atoms with Gasteiger partial charge in [-0.25, -0.2) is 0 Å². The van der Waals surface area contributed by atoms with E-state index in [9.17, 15) is 4.79 Å². The van der Waals surface area contributed by atoms with E-state index in [0.717, 1.165) is 35.6 Å². The number of nitrogens with one attached hydrogen (secondary N) is 1. The first-order valence-electron chi connectivity index (χ1n) is 8.20. The van der Waals surface area contributed by atoms with Crippen molar-refractivity contribution in [3.63, 3.8) is 0 Å². The summed E-state index contributed by atoms with van der Waals surface area (Å²) < 4.78 is 0. The number of hydrogen-bond donors (Lipinski definition) is 2. The van der Waals surface area contributed by atoms with Crippen LogP contribution in [0.4, 0.5) is 5.69 Å². The van der Waals surface area contributed by atoms with Crippen LogP contribution in [0.25, 0.3) is 0 Å². The highest BCUT2D eigenvalue weighted by atomic mass is 35.5. The Kier molecular flexibility index (Phi) is 7.05. The highest BCUT2D eigenvalue weighted by Crippen LogP contribution is 2.32. The van der Waals surface area contributed by atoms with Crippen LogP contribution in [0.1, 0.15) is 47.3 Å². The number of amides is 1. The van der Waals surface area contributed by atoms with Crippen LogP contribution in [0.2, 0.25) is 5.02 Å². The molecule has 0 heterocycles. The van der Waals surface area contributed by atoms with Gasteiger partial charge in [0.05, 0.1) is 11.6 Å². The average Bonchev–Trinajstić information content (AvgIpc) is 2.56. The molecule has 3 nitrogen and oxygen atoms in total. The second-order valence-corrected chi connectivity index (χ2v) is 7.69. The van der Waals surface area contributed by atoms with E-state index in [-0.39, 0.29) is 24.4 Å². The number of fused-ring (bicyclic) bond motifs is 1. The maximum Gasteiger partial charge on any atom is 0.252 e. The van der Waals surface area contributed by atoms with Crippen molar-refractivity contribution in [1.82, 2.24) is 5.32 Å². The molecule has 2 aromatic carbocycles. The molecule has 0 radical (unpaired) electrons. The number of rotatable bonds is 4. The Hall–Kier alpha value is -1.36. The zero-order valence-electron chi connectivity index (χ0n) is 14.0. The molecule has 25 heavy (non-hydrogen) atoms. The minimum absolute atomic E-state index is 0. The summed E-state index contributed by atoms with van der Waals surface area (Å²) in [4.78, 5) is 13.8. The minimum Gasteiger partial charge on any atom is -0.399 e.